The van der Waals surface area contributed by atoms with Crippen LogP contribution >= 0.6 is 0 Å². The lowest BCUT2D eigenvalue weighted by Gasteiger charge is -2.09. The molecule has 4 heteroatoms. The van der Waals surface area contributed by atoms with Crippen LogP contribution in [0.15, 0.2) is 48.5 Å². The molecule has 1 aromatic heterocycles. The molecule has 1 aliphatic rings. The Morgan fingerprint density at radius 1 is 0.952 bits per heavy atom. The minimum Gasteiger partial charge on any atom is -0.347 e. The summed E-state index contributed by atoms with van der Waals surface area (Å²) in [6, 6.07) is 14.0. The monoisotopic (exact) mass is 278 g/mol. The first kappa shape index (κ1) is 12.0. The summed E-state index contributed by atoms with van der Waals surface area (Å²) >= 11 is 0. The maximum absolute atomic E-state index is 13.1. The van der Waals surface area contributed by atoms with Gasteiger partial charge in [-0.3, -0.25) is 4.79 Å². The van der Waals surface area contributed by atoms with Crippen LogP contribution in [0, 0.1) is 5.82 Å². The molecule has 0 unspecified atom stereocenters. The van der Waals surface area contributed by atoms with E-state index in [1.807, 2.05) is 24.3 Å². The third-order valence-corrected chi connectivity index (χ3v) is 3.78. The number of fused-ring (bicyclic) bond motifs is 3. The van der Waals surface area contributed by atoms with Gasteiger partial charge in [0.15, 0.2) is 0 Å². The van der Waals surface area contributed by atoms with E-state index in [0.29, 0.717) is 17.9 Å². The van der Waals surface area contributed by atoms with Gasteiger partial charge < -0.3 is 5.32 Å². The highest BCUT2D eigenvalue weighted by Gasteiger charge is 2.24. The van der Waals surface area contributed by atoms with Gasteiger partial charge >= 0.3 is 0 Å². The second kappa shape index (κ2) is 4.38. The van der Waals surface area contributed by atoms with E-state index in [1.54, 1.807) is 12.1 Å². The Bertz CT molecular complexity index is 872. The molecule has 3 aromatic rings. The molecule has 102 valence electrons. The van der Waals surface area contributed by atoms with Crippen molar-refractivity contribution in [1.29, 1.82) is 0 Å². The lowest BCUT2D eigenvalue weighted by molar-refractivity contribution is 0.0961. The van der Waals surface area contributed by atoms with Crippen molar-refractivity contribution in [2.24, 2.45) is 0 Å². The van der Waals surface area contributed by atoms with Crippen LogP contribution in [-0.2, 0) is 6.54 Å². The Kier molecular flexibility index (Phi) is 2.51. The predicted octanol–water partition coefficient (Wildman–Crippen LogP) is 3.28. The van der Waals surface area contributed by atoms with Crippen molar-refractivity contribution in [1.82, 2.24) is 10.3 Å². The summed E-state index contributed by atoms with van der Waals surface area (Å²) in [5.74, 6) is -0.443. The van der Waals surface area contributed by atoms with E-state index >= 15 is 0 Å². The van der Waals surface area contributed by atoms with Crippen molar-refractivity contribution >= 4 is 16.7 Å². The number of nitrogens with zero attached hydrogens (tertiary/aromatic N) is 1. The number of carbonyl (C=O) groups excluding carboxylic acids is 1. The average molecular weight is 278 g/mol. The molecule has 2 heterocycles. The quantitative estimate of drug-likeness (QED) is 0.742. The lowest BCUT2D eigenvalue weighted by Crippen LogP contribution is -2.13. The van der Waals surface area contributed by atoms with Gasteiger partial charge in [0.2, 0.25) is 0 Å². The molecule has 3 nitrogen and oxygen atoms in total. The minimum absolute atomic E-state index is 0.154. The molecule has 0 saturated carbocycles. The standard InChI is InChI=1S/C17H11FN2O/c18-11-7-5-10(6-8-11)15-13-4-2-1-3-12(13)14-9-19-17(21)16(14)20-15/h1-8H,9H2,(H,19,21). The van der Waals surface area contributed by atoms with Crippen molar-refractivity contribution in [2.45, 2.75) is 6.54 Å². The van der Waals surface area contributed by atoms with Crippen LogP contribution < -0.4 is 5.32 Å². The highest BCUT2D eigenvalue weighted by Crippen LogP contribution is 2.32. The van der Waals surface area contributed by atoms with Crippen LogP contribution in [0.4, 0.5) is 4.39 Å². The second-order valence-electron chi connectivity index (χ2n) is 5.02. The summed E-state index contributed by atoms with van der Waals surface area (Å²) in [5.41, 5.74) is 2.91. The molecule has 0 radical (unpaired) electrons. The van der Waals surface area contributed by atoms with Gasteiger partial charge in [-0.1, -0.05) is 24.3 Å². The Morgan fingerprint density at radius 3 is 2.43 bits per heavy atom. The fraction of sp³-hybridized carbons (Fsp3) is 0.0588. The van der Waals surface area contributed by atoms with E-state index in [1.165, 1.54) is 12.1 Å². The predicted molar refractivity (Wildman–Crippen MR) is 78.3 cm³/mol. The lowest BCUT2D eigenvalue weighted by atomic mass is 9.99. The molecule has 4 rings (SSSR count). The highest BCUT2D eigenvalue weighted by atomic mass is 19.1. The zero-order chi connectivity index (χ0) is 14.4. The molecule has 0 atom stereocenters. The topological polar surface area (TPSA) is 42.0 Å². The van der Waals surface area contributed by atoms with Crippen LogP contribution in [0.25, 0.3) is 22.0 Å². The Labute approximate surface area is 120 Å². The molecule has 21 heavy (non-hydrogen) atoms. The van der Waals surface area contributed by atoms with Crippen LogP contribution in [0.5, 0.6) is 0 Å². The first-order chi connectivity index (χ1) is 10.2. The summed E-state index contributed by atoms with van der Waals surface area (Å²) in [5, 5.41) is 4.79. The summed E-state index contributed by atoms with van der Waals surface area (Å²) in [6.45, 7) is 0.505. The first-order valence-corrected chi connectivity index (χ1v) is 6.70. The van der Waals surface area contributed by atoms with Crippen LogP contribution in [-0.4, -0.2) is 10.9 Å². The van der Waals surface area contributed by atoms with Gasteiger partial charge in [-0.2, -0.15) is 0 Å². The molecular formula is C17H11FN2O. The zero-order valence-electron chi connectivity index (χ0n) is 11.1. The normalized spacial score (nSPS) is 13.3. The molecule has 2 aromatic carbocycles. The number of benzene rings is 2. The first-order valence-electron chi connectivity index (χ1n) is 6.70. The van der Waals surface area contributed by atoms with Crippen molar-refractivity contribution in [3.8, 4) is 11.3 Å². The highest BCUT2D eigenvalue weighted by molar-refractivity contribution is 6.06. The summed E-state index contributed by atoms with van der Waals surface area (Å²) in [7, 11) is 0. The number of amides is 1. The largest absolute Gasteiger partial charge is 0.347 e. The Hall–Kier alpha value is -2.75. The van der Waals surface area contributed by atoms with Gasteiger partial charge in [0.05, 0.1) is 5.69 Å². The van der Waals surface area contributed by atoms with Crippen LogP contribution in [0.2, 0.25) is 0 Å². The number of rotatable bonds is 1. The zero-order valence-corrected chi connectivity index (χ0v) is 11.1. The molecule has 1 aliphatic heterocycles. The molecular weight excluding hydrogens is 267 g/mol. The smallest absolute Gasteiger partial charge is 0.270 e. The molecule has 0 saturated heterocycles. The summed E-state index contributed by atoms with van der Waals surface area (Å²) in [4.78, 5) is 16.4. The van der Waals surface area contributed by atoms with Gasteiger partial charge in [0, 0.05) is 23.1 Å². The molecule has 0 bridgehead atoms. The number of hydrogen-bond acceptors (Lipinski definition) is 2. The molecule has 0 aliphatic carbocycles. The van der Waals surface area contributed by atoms with Gasteiger partial charge in [-0.25, -0.2) is 9.37 Å². The van der Waals surface area contributed by atoms with E-state index in [0.717, 1.165) is 21.9 Å². The van der Waals surface area contributed by atoms with Gasteiger partial charge in [-0.15, -0.1) is 0 Å². The van der Waals surface area contributed by atoms with Gasteiger partial charge in [0.1, 0.15) is 11.5 Å². The number of halogens is 1. The van der Waals surface area contributed by atoms with Crippen LogP contribution in [0.3, 0.4) is 0 Å². The average Bonchev–Trinajstić information content (AvgIpc) is 2.89. The number of aromatic nitrogens is 1. The third-order valence-electron chi connectivity index (χ3n) is 3.78. The number of carbonyl (C=O) groups is 1. The fourth-order valence-electron chi connectivity index (χ4n) is 2.77. The molecule has 0 spiro atoms. The van der Waals surface area contributed by atoms with E-state index < -0.39 is 0 Å². The van der Waals surface area contributed by atoms with Crippen molar-refractivity contribution in [3.63, 3.8) is 0 Å². The Balaban J connectivity index is 2.07. The third kappa shape index (κ3) is 1.80. The SMILES string of the molecule is O=C1NCc2c1nc(-c1ccc(F)cc1)c1ccccc21. The van der Waals surface area contributed by atoms with Crippen molar-refractivity contribution < 1.29 is 9.18 Å². The molecule has 1 N–H and O–H groups in total. The molecule has 1 amide bonds. The Morgan fingerprint density at radius 2 is 1.67 bits per heavy atom. The van der Waals surface area contributed by atoms with Crippen LogP contribution in [0.1, 0.15) is 16.1 Å². The van der Waals surface area contributed by atoms with Gasteiger partial charge in [-0.05, 0) is 29.7 Å². The van der Waals surface area contributed by atoms with E-state index in [9.17, 15) is 9.18 Å². The van der Waals surface area contributed by atoms with E-state index in [2.05, 4.69) is 10.3 Å². The van der Waals surface area contributed by atoms with Crippen molar-refractivity contribution in [3.05, 3.63) is 65.6 Å². The molecule has 0 fully saturated rings. The maximum Gasteiger partial charge on any atom is 0.270 e. The van der Waals surface area contributed by atoms with E-state index in [4.69, 9.17) is 0 Å². The number of nitrogens with one attached hydrogen (secondary N) is 1. The number of hydrogen-bond donors (Lipinski definition) is 1. The minimum atomic E-state index is -0.290. The second-order valence-corrected chi connectivity index (χ2v) is 5.02. The van der Waals surface area contributed by atoms with Crippen molar-refractivity contribution in [2.75, 3.05) is 0 Å². The maximum atomic E-state index is 13.1. The van der Waals surface area contributed by atoms with E-state index in [-0.39, 0.29) is 11.7 Å². The summed E-state index contributed by atoms with van der Waals surface area (Å²) in [6.07, 6.45) is 0. The van der Waals surface area contributed by atoms with Gasteiger partial charge in [0.25, 0.3) is 5.91 Å². The summed E-state index contributed by atoms with van der Waals surface area (Å²) < 4.78 is 13.1. The fourth-order valence-corrected chi connectivity index (χ4v) is 2.77. The number of pyridine rings is 1.